The molecule has 0 aromatic carbocycles. The van der Waals surface area contributed by atoms with Crippen LogP contribution in [0.15, 0.2) is 0 Å². The molecule has 1 N–H and O–H groups in total. The van der Waals surface area contributed by atoms with Crippen LogP contribution in [0.5, 0.6) is 0 Å². The molecule has 1 rings (SSSR count). The third kappa shape index (κ3) is 4.13. The predicted octanol–water partition coefficient (Wildman–Crippen LogP) is 1.26. The third-order valence-corrected chi connectivity index (χ3v) is 4.63. The quantitative estimate of drug-likeness (QED) is 0.567. The summed E-state index contributed by atoms with van der Waals surface area (Å²) in [6.07, 6.45) is 1.55. The third-order valence-electron chi connectivity index (χ3n) is 4.63. The number of hydrogen-bond acceptors (Lipinski definition) is 4. The zero-order chi connectivity index (χ0) is 16.2. The predicted molar refractivity (Wildman–Crippen MR) is 81.8 cm³/mol. The number of aldehydes is 1. The van der Waals surface area contributed by atoms with E-state index in [4.69, 9.17) is 0 Å². The summed E-state index contributed by atoms with van der Waals surface area (Å²) in [6, 6.07) is -0.907. The Labute approximate surface area is 127 Å². The second kappa shape index (κ2) is 7.69. The molecule has 1 aliphatic rings. The zero-order valence-electron chi connectivity index (χ0n) is 13.8. The van der Waals surface area contributed by atoms with Gasteiger partial charge >= 0.3 is 0 Å². The number of ketones is 1. The molecule has 0 aromatic heterocycles. The lowest BCUT2D eigenvalue weighted by molar-refractivity contribution is -0.134. The molecule has 1 aliphatic heterocycles. The molecule has 120 valence electrons. The van der Waals surface area contributed by atoms with Crippen molar-refractivity contribution in [3.05, 3.63) is 0 Å². The van der Waals surface area contributed by atoms with Gasteiger partial charge in [-0.3, -0.25) is 19.3 Å². The van der Waals surface area contributed by atoms with E-state index in [0.29, 0.717) is 24.5 Å². The molecule has 0 saturated carbocycles. The van der Waals surface area contributed by atoms with E-state index in [-0.39, 0.29) is 17.9 Å². The SMILES string of the molecule is CCCC(NC(=O)C1C(C)[C@@H](C(C)C)CN1C)C(=O)C=O. The summed E-state index contributed by atoms with van der Waals surface area (Å²) in [5, 5.41) is 2.77. The van der Waals surface area contributed by atoms with Gasteiger partial charge in [0, 0.05) is 6.54 Å². The molecule has 1 amide bonds. The number of amides is 1. The van der Waals surface area contributed by atoms with E-state index in [1.165, 1.54) is 0 Å². The molecule has 3 unspecified atom stereocenters. The molecule has 0 radical (unpaired) electrons. The molecule has 1 saturated heterocycles. The van der Waals surface area contributed by atoms with Crippen molar-refractivity contribution >= 4 is 18.0 Å². The fraction of sp³-hybridized carbons (Fsp3) is 0.812. The first-order chi connectivity index (χ1) is 9.83. The summed E-state index contributed by atoms with van der Waals surface area (Å²) in [5.41, 5.74) is 0. The highest BCUT2D eigenvalue weighted by atomic mass is 16.2. The Hall–Kier alpha value is -1.23. The lowest BCUT2D eigenvalue weighted by atomic mass is 9.84. The van der Waals surface area contributed by atoms with E-state index < -0.39 is 11.8 Å². The highest BCUT2D eigenvalue weighted by Crippen LogP contribution is 2.33. The molecule has 21 heavy (non-hydrogen) atoms. The van der Waals surface area contributed by atoms with Gasteiger partial charge in [-0.05, 0) is 31.2 Å². The maximum Gasteiger partial charge on any atom is 0.238 e. The standard InChI is InChI=1S/C16H28N2O3/c1-6-7-13(14(20)9-19)17-16(21)15-11(4)12(10(2)3)8-18(15)5/h9-13,15H,6-8H2,1-5H3,(H,17,21)/t11?,12-,13?,15?/m1/s1. The van der Waals surface area contributed by atoms with E-state index in [2.05, 4.69) is 31.0 Å². The molecule has 5 heteroatoms. The lowest BCUT2D eigenvalue weighted by Crippen LogP contribution is -2.50. The van der Waals surface area contributed by atoms with Crippen molar-refractivity contribution in [2.24, 2.45) is 17.8 Å². The Morgan fingerprint density at radius 3 is 2.43 bits per heavy atom. The van der Waals surface area contributed by atoms with Gasteiger partial charge in [0.25, 0.3) is 0 Å². The minimum atomic E-state index is -0.682. The monoisotopic (exact) mass is 296 g/mol. The van der Waals surface area contributed by atoms with Gasteiger partial charge in [-0.1, -0.05) is 34.1 Å². The molecule has 5 nitrogen and oxygen atoms in total. The molecule has 0 spiro atoms. The maximum absolute atomic E-state index is 12.5. The Morgan fingerprint density at radius 2 is 2.00 bits per heavy atom. The highest BCUT2D eigenvalue weighted by Gasteiger charge is 2.42. The fourth-order valence-corrected chi connectivity index (χ4v) is 3.42. The molecule has 0 aromatic rings. The Kier molecular flexibility index (Phi) is 6.52. The number of nitrogens with one attached hydrogen (secondary N) is 1. The summed E-state index contributed by atoms with van der Waals surface area (Å²) in [4.78, 5) is 36.8. The highest BCUT2D eigenvalue weighted by molar-refractivity contribution is 6.27. The largest absolute Gasteiger partial charge is 0.344 e. The van der Waals surface area contributed by atoms with Crippen LogP contribution in [0.25, 0.3) is 0 Å². The van der Waals surface area contributed by atoms with Crippen LogP contribution in [0.1, 0.15) is 40.5 Å². The molecule has 1 fully saturated rings. The number of carbonyl (C=O) groups is 3. The maximum atomic E-state index is 12.5. The fourth-order valence-electron chi connectivity index (χ4n) is 3.42. The van der Waals surface area contributed by atoms with Crippen LogP contribution in [0, 0.1) is 17.8 Å². The van der Waals surface area contributed by atoms with Crippen molar-refractivity contribution in [1.82, 2.24) is 10.2 Å². The van der Waals surface area contributed by atoms with Crippen LogP contribution >= 0.6 is 0 Å². The van der Waals surface area contributed by atoms with Crippen LogP contribution < -0.4 is 5.32 Å². The zero-order valence-corrected chi connectivity index (χ0v) is 13.8. The lowest BCUT2D eigenvalue weighted by Gasteiger charge is -2.25. The van der Waals surface area contributed by atoms with E-state index in [9.17, 15) is 14.4 Å². The Morgan fingerprint density at radius 1 is 1.38 bits per heavy atom. The Bertz CT molecular complexity index is 395. The Balaban J connectivity index is 2.77. The number of hydrogen-bond donors (Lipinski definition) is 1. The summed E-state index contributed by atoms with van der Waals surface area (Å²) in [6.45, 7) is 9.25. The van der Waals surface area contributed by atoms with Crippen molar-refractivity contribution in [3.8, 4) is 0 Å². The number of likely N-dealkylation sites (tertiary alicyclic amines) is 1. The van der Waals surface area contributed by atoms with Gasteiger partial charge in [0.1, 0.15) is 0 Å². The van der Waals surface area contributed by atoms with Crippen LogP contribution in [0.3, 0.4) is 0 Å². The number of rotatable bonds is 7. The number of likely N-dealkylation sites (N-methyl/N-ethyl adjacent to an activating group) is 1. The van der Waals surface area contributed by atoms with Gasteiger partial charge in [-0.15, -0.1) is 0 Å². The van der Waals surface area contributed by atoms with Crippen LogP contribution in [0.4, 0.5) is 0 Å². The minimum Gasteiger partial charge on any atom is -0.344 e. The summed E-state index contributed by atoms with van der Waals surface area (Å²) < 4.78 is 0. The van der Waals surface area contributed by atoms with E-state index >= 15 is 0 Å². The first-order valence-corrected chi connectivity index (χ1v) is 7.83. The smallest absolute Gasteiger partial charge is 0.238 e. The molecular weight excluding hydrogens is 268 g/mol. The minimum absolute atomic E-state index is 0.137. The van der Waals surface area contributed by atoms with Crippen molar-refractivity contribution in [2.45, 2.75) is 52.6 Å². The van der Waals surface area contributed by atoms with E-state index in [1.807, 2.05) is 14.0 Å². The van der Waals surface area contributed by atoms with Crippen molar-refractivity contribution in [1.29, 1.82) is 0 Å². The molecule has 4 atom stereocenters. The first kappa shape index (κ1) is 17.8. The van der Waals surface area contributed by atoms with E-state index in [0.717, 1.165) is 13.0 Å². The normalized spacial score (nSPS) is 27.6. The number of Topliss-reactive ketones (excluding diaryl/α,β-unsaturated/α-hetero) is 1. The average molecular weight is 296 g/mol. The summed E-state index contributed by atoms with van der Waals surface area (Å²) >= 11 is 0. The van der Waals surface area contributed by atoms with E-state index in [1.54, 1.807) is 0 Å². The average Bonchev–Trinajstić information content (AvgIpc) is 2.72. The van der Waals surface area contributed by atoms with Crippen LogP contribution in [-0.2, 0) is 14.4 Å². The molecule has 1 heterocycles. The number of nitrogens with zero attached hydrogens (tertiary/aromatic N) is 1. The first-order valence-electron chi connectivity index (χ1n) is 7.83. The summed E-state index contributed by atoms with van der Waals surface area (Å²) in [7, 11) is 1.94. The van der Waals surface area contributed by atoms with Gasteiger partial charge in [0.05, 0.1) is 12.1 Å². The van der Waals surface area contributed by atoms with Gasteiger partial charge < -0.3 is 5.32 Å². The van der Waals surface area contributed by atoms with Gasteiger partial charge in [0.2, 0.25) is 11.7 Å². The topological polar surface area (TPSA) is 66.5 Å². The second-order valence-corrected chi connectivity index (χ2v) is 6.52. The van der Waals surface area contributed by atoms with Crippen molar-refractivity contribution in [3.63, 3.8) is 0 Å². The summed E-state index contributed by atoms with van der Waals surface area (Å²) in [5.74, 6) is 0.546. The second-order valence-electron chi connectivity index (χ2n) is 6.52. The van der Waals surface area contributed by atoms with Crippen molar-refractivity contribution in [2.75, 3.05) is 13.6 Å². The van der Waals surface area contributed by atoms with Crippen molar-refractivity contribution < 1.29 is 14.4 Å². The van der Waals surface area contributed by atoms with Gasteiger partial charge in [0.15, 0.2) is 6.29 Å². The van der Waals surface area contributed by atoms with Crippen LogP contribution in [-0.4, -0.2) is 48.6 Å². The number of carbonyl (C=O) groups excluding carboxylic acids is 3. The van der Waals surface area contributed by atoms with Gasteiger partial charge in [-0.2, -0.15) is 0 Å². The van der Waals surface area contributed by atoms with Crippen LogP contribution in [0.2, 0.25) is 0 Å². The molecule has 0 bridgehead atoms. The molecular formula is C16H28N2O3. The molecule has 0 aliphatic carbocycles. The van der Waals surface area contributed by atoms with Gasteiger partial charge in [-0.25, -0.2) is 0 Å².